The smallest absolute Gasteiger partial charge is 0.0681 e. The number of aliphatic hydroxyl groups excluding tert-OH is 1. The van der Waals surface area contributed by atoms with Crippen LogP contribution in [0.15, 0.2) is 84.0 Å². The lowest BCUT2D eigenvalue weighted by molar-refractivity contribution is 0.282. The molecule has 0 aliphatic rings. The Balaban J connectivity index is 2.53. The number of aliphatic imine (C=N–C) groups is 1. The van der Waals surface area contributed by atoms with Gasteiger partial charge < -0.3 is 5.11 Å². The van der Waals surface area contributed by atoms with Crippen LogP contribution in [0.1, 0.15) is 43.0 Å². The molecule has 0 radical (unpaired) electrons. The maximum absolute atomic E-state index is 9.24. The minimum absolute atomic E-state index is 0.0599. The first-order chi connectivity index (χ1) is 13.1. The first-order valence-electron chi connectivity index (χ1n) is 9.05. The minimum atomic E-state index is 0.0599. The van der Waals surface area contributed by atoms with Crippen molar-refractivity contribution in [3.8, 4) is 0 Å². The zero-order chi connectivity index (χ0) is 19.6. The number of benzene rings is 2. The fourth-order valence-electron chi connectivity index (χ4n) is 2.76. The third-order valence-corrected chi connectivity index (χ3v) is 4.37. The number of hydrogen-bond donors (Lipinski definition) is 1. The summed E-state index contributed by atoms with van der Waals surface area (Å²) in [6.07, 6.45) is 9.66. The Kier molecular flexibility index (Phi) is 7.72. The van der Waals surface area contributed by atoms with Gasteiger partial charge in [-0.1, -0.05) is 61.2 Å². The van der Waals surface area contributed by atoms with Crippen molar-refractivity contribution in [2.45, 2.75) is 27.4 Å². The van der Waals surface area contributed by atoms with Gasteiger partial charge in [-0.15, -0.1) is 0 Å². The predicted octanol–water partition coefficient (Wildman–Crippen LogP) is 6.30. The molecule has 0 heterocycles. The normalized spacial score (nSPS) is 13.3. The average molecular weight is 357 g/mol. The van der Waals surface area contributed by atoms with Crippen molar-refractivity contribution in [3.05, 3.63) is 101 Å². The molecule has 0 unspecified atom stereocenters. The van der Waals surface area contributed by atoms with Gasteiger partial charge in [-0.25, -0.2) is 0 Å². The van der Waals surface area contributed by atoms with E-state index in [2.05, 4.69) is 43.6 Å². The molecule has 2 rings (SSSR count). The summed E-state index contributed by atoms with van der Waals surface area (Å²) in [6, 6.07) is 16.3. The molecule has 0 spiro atoms. The largest absolute Gasteiger partial charge is 0.392 e. The summed E-state index contributed by atoms with van der Waals surface area (Å²) in [5.74, 6) is 0. The van der Waals surface area contributed by atoms with Gasteiger partial charge in [-0.2, -0.15) is 0 Å². The third kappa shape index (κ3) is 5.77. The van der Waals surface area contributed by atoms with Gasteiger partial charge >= 0.3 is 0 Å². The first kappa shape index (κ1) is 20.3. The first-order valence-corrected chi connectivity index (χ1v) is 9.05. The van der Waals surface area contributed by atoms with Crippen LogP contribution in [0.5, 0.6) is 0 Å². The van der Waals surface area contributed by atoms with E-state index in [0.717, 1.165) is 39.0 Å². The standard InChI is InChI=1S/C25H27NO/c1-5-21-8-7-9-24(17-21)25(19(3)14-15-26-6-2)16-20(4)23-12-10-22(18-27)11-13-23/h5-17,27H,1,18H2,2-4H3/b15-14-,20-16+,25-19-,26-6?. The third-order valence-electron chi connectivity index (χ3n) is 4.37. The Hall–Kier alpha value is -2.97. The van der Waals surface area contributed by atoms with Crippen molar-refractivity contribution in [3.63, 3.8) is 0 Å². The van der Waals surface area contributed by atoms with Gasteiger partial charge in [0.1, 0.15) is 0 Å². The van der Waals surface area contributed by atoms with Gasteiger partial charge in [0.15, 0.2) is 0 Å². The Labute approximate surface area is 162 Å². The SMILES string of the molecule is C=Cc1cccc(C(/C=C(\C)c2ccc(CO)cc2)=C(C)\C=C/N=CC)c1. The van der Waals surface area contributed by atoms with E-state index in [4.69, 9.17) is 0 Å². The van der Waals surface area contributed by atoms with E-state index in [1.807, 2.05) is 61.7 Å². The van der Waals surface area contributed by atoms with Gasteiger partial charge in [-0.3, -0.25) is 4.99 Å². The molecular weight excluding hydrogens is 330 g/mol. The number of rotatable bonds is 7. The van der Waals surface area contributed by atoms with Crippen LogP contribution in [0, 0.1) is 0 Å². The van der Waals surface area contributed by atoms with Crippen LogP contribution < -0.4 is 0 Å². The Morgan fingerprint density at radius 3 is 2.44 bits per heavy atom. The molecule has 0 bridgehead atoms. The van der Waals surface area contributed by atoms with Gasteiger partial charge in [0.2, 0.25) is 0 Å². The van der Waals surface area contributed by atoms with Crippen molar-refractivity contribution in [2.75, 3.05) is 0 Å². The summed E-state index contributed by atoms with van der Waals surface area (Å²) in [4.78, 5) is 4.18. The highest BCUT2D eigenvalue weighted by atomic mass is 16.3. The molecule has 138 valence electrons. The number of nitrogens with zero attached hydrogens (tertiary/aromatic N) is 1. The molecular formula is C25H27NO. The fraction of sp³-hybridized carbons (Fsp3) is 0.160. The Morgan fingerprint density at radius 1 is 1.07 bits per heavy atom. The maximum Gasteiger partial charge on any atom is 0.0681 e. The van der Waals surface area contributed by atoms with Crippen molar-refractivity contribution >= 4 is 23.4 Å². The molecule has 0 aliphatic heterocycles. The highest BCUT2D eigenvalue weighted by molar-refractivity contribution is 5.86. The summed E-state index contributed by atoms with van der Waals surface area (Å²) in [6.45, 7) is 10.0. The minimum Gasteiger partial charge on any atom is -0.392 e. The van der Waals surface area contributed by atoms with E-state index in [1.54, 1.807) is 6.21 Å². The Bertz CT molecular complexity index is 896. The molecule has 0 aromatic heterocycles. The van der Waals surface area contributed by atoms with Gasteiger partial charge in [0.05, 0.1) is 6.61 Å². The molecule has 2 nitrogen and oxygen atoms in total. The molecule has 0 amide bonds. The van der Waals surface area contributed by atoms with Crippen LogP contribution in [-0.2, 0) is 6.61 Å². The van der Waals surface area contributed by atoms with Crippen molar-refractivity contribution in [1.29, 1.82) is 0 Å². The highest BCUT2D eigenvalue weighted by Crippen LogP contribution is 2.27. The summed E-state index contributed by atoms with van der Waals surface area (Å²) in [5, 5.41) is 9.24. The molecule has 2 heteroatoms. The van der Waals surface area contributed by atoms with Gasteiger partial charge in [-0.05, 0) is 71.9 Å². The number of allylic oxidation sites excluding steroid dienone is 5. The molecule has 0 atom stereocenters. The van der Waals surface area contributed by atoms with E-state index in [0.29, 0.717) is 0 Å². The topological polar surface area (TPSA) is 32.6 Å². The van der Waals surface area contributed by atoms with Crippen LogP contribution in [0.3, 0.4) is 0 Å². The van der Waals surface area contributed by atoms with Crippen LogP contribution >= 0.6 is 0 Å². The number of aliphatic hydroxyl groups is 1. The monoisotopic (exact) mass is 357 g/mol. The molecule has 1 N–H and O–H groups in total. The lowest BCUT2D eigenvalue weighted by atomic mass is 9.94. The maximum atomic E-state index is 9.24. The van der Waals surface area contributed by atoms with E-state index < -0.39 is 0 Å². The Morgan fingerprint density at radius 2 is 1.81 bits per heavy atom. The second-order valence-corrected chi connectivity index (χ2v) is 6.33. The van der Waals surface area contributed by atoms with Gasteiger partial charge in [0.25, 0.3) is 0 Å². The molecule has 27 heavy (non-hydrogen) atoms. The lowest BCUT2D eigenvalue weighted by Gasteiger charge is -2.10. The van der Waals surface area contributed by atoms with Crippen molar-refractivity contribution in [1.82, 2.24) is 0 Å². The van der Waals surface area contributed by atoms with E-state index in [9.17, 15) is 5.11 Å². The molecule has 0 saturated carbocycles. The second kappa shape index (κ2) is 10.2. The molecule has 2 aromatic carbocycles. The molecule has 0 aliphatic carbocycles. The second-order valence-electron chi connectivity index (χ2n) is 6.33. The number of hydrogen-bond acceptors (Lipinski definition) is 2. The predicted molar refractivity (Wildman–Crippen MR) is 118 cm³/mol. The highest BCUT2D eigenvalue weighted by Gasteiger charge is 2.05. The van der Waals surface area contributed by atoms with Crippen LogP contribution in [0.25, 0.3) is 17.2 Å². The van der Waals surface area contributed by atoms with Gasteiger partial charge in [0, 0.05) is 12.4 Å². The molecule has 2 aromatic rings. The fourth-order valence-corrected chi connectivity index (χ4v) is 2.76. The molecule has 0 saturated heterocycles. The lowest BCUT2D eigenvalue weighted by Crippen LogP contribution is -1.89. The summed E-state index contributed by atoms with van der Waals surface area (Å²) in [5.41, 5.74) is 7.71. The van der Waals surface area contributed by atoms with E-state index >= 15 is 0 Å². The summed E-state index contributed by atoms with van der Waals surface area (Å²) < 4.78 is 0. The van der Waals surface area contributed by atoms with Crippen LogP contribution in [-0.4, -0.2) is 11.3 Å². The van der Waals surface area contributed by atoms with Crippen LogP contribution in [0.2, 0.25) is 0 Å². The van der Waals surface area contributed by atoms with E-state index in [-0.39, 0.29) is 6.61 Å². The summed E-state index contributed by atoms with van der Waals surface area (Å²) >= 11 is 0. The zero-order valence-electron chi connectivity index (χ0n) is 16.3. The average Bonchev–Trinajstić information content (AvgIpc) is 2.72. The quantitative estimate of drug-likeness (QED) is 0.457. The van der Waals surface area contributed by atoms with Crippen LogP contribution in [0.4, 0.5) is 0 Å². The zero-order valence-corrected chi connectivity index (χ0v) is 16.3. The molecule has 0 fully saturated rings. The van der Waals surface area contributed by atoms with Crippen molar-refractivity contribution < 1.29 is 5.11 Å². The van der Waals surface area contributed by atoms with Crippen molar-refractivity contribution in [2.24, 2.45) is 4.99 Å². The summed E-state index contributed by atoms with van der Waals surface area (Å²) in [7, 11) is 0. The van der Waals surface area contributed by atoms with E-state index in [1.165, 1.54) is 0 Å².